The quantitative estimate of drug-likeness (QED) is 0.851. The van der Waals surface area contributed by atoms with Gasteiger partial charge in [-0.05, 0) is 38.4 Å². The zero-order chi connectivity index (χ0) is 18.2. The molecule has 0 radical (unpaired) electrons. The monoisotopic (exact) mass is 356 g/mol. The second-order valence-electron chi connectivity index (χ2n) is 7.46. The van der Waals surface area contributed by atoms with Crippen LogP contribution in [0, 0.1) is 0 Å². The van der Waals surface area contributed by atoms with Gasteiger partial charge in [0.1, 0.15) is 0 Å². The molecule has 2 aliphatic rings. The van der Waals surface area contributed by atoms with Crippen molar-refractivity contribution < 1.29 is 4.79 Å². The number of urea groups is 1. The predicted octanol–water partition coefficient (Wildman–Crippen LogP) is 2.51. The Morgan fingerprint density at radius 2 is 1.73 bits per heavy atom. The van der Waals surface area contributed by atoms with E-state index in [1.807, 2.05) is 11.0 Å². The van der Waals surface area contributed by atoms with Crippen LogP contribution in [0.15, 0.2) is 36.4 Å². The van der Waals surface area contributed by atoms with Crippen molar-refractivity contribution in [3.63, 3.8) is 0 Å². The first-order chi connectivity index (χ1) is 12.7. The summed E-state index contributed by atoms with van der Waals surface area (Å²) < 4.78 is 0. The van der Waals surface area contributed by atoms with E-state index >= 15 is 0 Å². The molecule has 2 amide bonds. The fourth-order valence-electron chi connectivity index (χ4n) is 3.74. The number of benzene rings is 1. The molecular weight excluding hydrogens is 324 g/mol. The third-order valence-electron chi connectivity index (χ3n) is 5.23. The van der Waals surface area contributed by atoms with E-state index in [0.717, 1.165) is 39.3 Å². The van der Waals surface area contributed by atoms with Crippen LogP contribution < -0.4 is 5.32 Å². The fraction of sp³-hybridized carbons (Fsp3) is 0.571. The summed E-state index contributed by atoms with van der Waals surface area (Å²) in [6, 6.07) is 10.7. The van der Waals surface area contributed by atoms with E-state index in [9.17, 15) is 4.79 Å². The first kappa shape index (κ1) is 18.9. The van der Waals surface area contributed by atoms with Gasteiger partial charge in [-0.3, -0.25) is 4.90 Å². The van der Waals surface area contributed by atoms with Crippen LogP contribution in [0.5, 0.6) is 0 Å². The lowest BCUT2D eigenvalue weighted by atomic mass is 10.2. The average molecular weight is 357 g/mol. The van der Waals surface area contributed by atoms with Crippen LogP contribution in [0.4, 0.5) is 4.79 Å². The third kappa shape index (κ3) is 5.85. The van der Waals surface area contributed by atoms with Gasteiger partial charge in [-0.25, -0.2) is 4.79 Å². The maximum atomic E-state index is 12.5. The zero-order valence-corrected chi connectivity index (χ0v) is 15.9. The molecule has 0 saturated carbocycles. The molecule has 1 aromatic rings. The van der Waals surface area contributed by atoms with Crippen molar-refractivity contribution in [1.82, 2.24) is 20.0 Å². The van der Waals surface area contributed by atoms with Crippen molar-refractivity contribution in [2.75, 3.05) is 52.4 Å². The lowest BCUT2D eigenvalue weighted by Gasteiger charge is -2.35. The molecule has 0 aromatic heterocycles. The van der Waals surface area contributed by atoms with E-state index < -0.39 is 0 Å². The number of likely N-dealkylation sites (tertiary alicyclic amines) is 1. The maximum Gasteiger partial charge on any atom is 0.317 e. The zero-order valence-electron chi connectivity index (χ0n) is 15.9. The molecule has 1 aromatic carbocycles. The van der Waals surface area contributed by atoms with E-state index in [1.165, 1.54) is 31.5 Å². The summed E-state index contributed by atoms with van der Waals surface area (Å²) in [5, 5.41) is 3.17. The van der Waals surface area contributed by atoms with Gasteiger partial charge in [-0.2, -0.15) is 0 Å². The van der Waals surface area contributed by atoms with E-state index in [0.29, 0.717) is 0 Å². The van der Waals surface area contributed by atoms with Crippen LogP contribution >= 0.6 is 0 Å². The molecule has 0 aliphatic carbocycles. The first-order valence-electron chi connectivity index (χ1n) is 9.92. The molecule has 5 nitrogen and oxygen atoms in total. The van der Waals surface area contributed by atoms with Gasteiger partial charge < -0.3 is 15.1 Å². The molecular formula is C21H32N4O. The van der Waals surface area contributed by atoms with Crippen molar-refractivity contribution in [3.05, 3.63) is 42.0 Å². The Morgan fingerprint density at radius 3 is 2.42 bits per heavy atom. The van der Waals surface area contributed by atoms with E-state index in [4.69, 9.17) is 0 Å². The van der Waals surface area contributed by atoms with Gasteiger partial charge in [0.25, 0.3) is 0 Å². The van der Waals surface area contributed by atoms with Gasteiger partial charge in [-0.1, -0.05) is 42.5 Å². The van der Waals surface area contributed by atoms with Gasteiger partial charge in [0.2, 0.25) is 0 Å². The molecule has 1 N–H and O–H groups in total. The Hall–Kier alpha value is -1.85. The highest BCUT2D eigenvalue weighted by molar-refractivity contribution is 5.74. The number of carbonyl (C=O) groups is 1. The van der Waals surface area contributed by atoms with Crippen molar-refractivity contribution >= 4 is 12.1 Å². The number of amides is 2. The average Bonchev–Trinajstić information content (AvgIpc) is 3.16. The Labute approximate surface area is 157 Å². The number of rotatable bonds is 6. The second-order valence-corrected chi connectivity index (χ2v) is 7.46. The molecule has 142 valence electrons. The summed E-state index contributed by atoms with van der Waals surface area (Å²) in [6.45, 7) is 9.86. The SMILES string of the molecule is CC(CN1CCCC1)NC(=O)N1CCN(CC=Cc2ccccc2)CC1. The van der Waals surface area contributed by atoms with Gasteiger partial charge in [0.05, 0.1) is 0 Å². The highest BCUT2D eigenvalue weighted by Crippen LogP contribution is 2.08. The lowest BCUT2D eigenvalue weighted by molar-refractivity contribution is 0.143. The normalized spacial score (nSPS) is 20.6. The predicted molar refractivity (Wildman–Crippen MR) is 107 cm³/mol. The molecule has 26 heavy (non-hydrogen) atoms. The van der Waals surface area contributed by atoms with Crippen LogP contribution in [0.1, 0.15) is 25.3 Å². The van der Waals surface area contributed by atoms with Crippen molar-refractivity contribution in [2.45, 2.75) is 25.8 Å². The Kier molecular flexibility index (Phi) is 7.09. The number of piperazine rings is 1. The van der Waals surface area contributed by atoms with Crippen LogP contribution in [0.25, 0.3) is 6.08 Å². The molecule has 0 bridgehead atoms. The van der Waals surface area contributed by atoms with Crippen molar-refractivity contribution in [2.24, 2.45) is 0 Å². The van der Waals surface area contributed by atoms with Crippen LogP contribution in [0.2, 0.25) is 0 Å². The molecule has 2 fully saturated rings. The fourth-order valence-corrected chi connectivity index (χ4v) is 3.74. The van der Waals surface area contributed by atoms with Crippen LogP contribution in [-0.4, -0.2) is 79.1 Å². The largest absolute Gasteiger partial charge is 0.334 e. The van der Waals surface area contributed by atoms with Crippen molar-refractivity contribution in [1.29, 1.82) is 0 Å². The number of nitrogens with zero attached hydrogens (tertiary/aromatic N) is 3. The highest BCUT2D eigenvalue weighted by atomic mass is 16.2. The van der Waals surface area contributed by atoms with Gasteiger partial charge in [0, 0.05) is 45.3 Å². The minimum absolute atomic E-state index is 0.0937. The number of nitrogens with one attached hydrogen (secondary N) is 1. The van der Waals surface area contributed by atoms with E-state index in [1.54, 1.807) is 0 Å². The molecule has 1 unspecified atom stereocenters. The van der Waals surface area contributed by atoms with E-state index in [2.05, 4.69) is 58.5 Å². The molecule has 5 heteroatoms. The summed E-state index contributed by atoms with van der Waals surface area (Å²) in [5.74, 6) is 0. The first-order valence-corrected chi connectivity index (χ1v) is 9.92. The van der Waals surface area contributed by atoms with Crippen LogP contribution in [0.3, 0.4) is 0 Å². The molecule has 3 rings (SSSR count). The van der Waals surface area contributed by atoms with Gasteiger partial charge >= 0.3 is 6.03 Å². The summed E-state index contributed by atoms with van der Waals surface area (Å²) in [7, 11) is 0. The minimum atomic E-state index is 0.0937. The summed E-state index contributed by atoms with van der Waals surface area (Å²) in [6.07, 6.45) is 6.96. The number of hydrogen-bond acceptors (Lipinski definition) is 3. The van der Waals surface area contributed by atoms with Gasteiger partial charge in [-0.15, -0.1) is 0 Å². The Morgan fingerprint density at radius 1 is 1.04 bits per heavy atom. The Balaban J connectivity index is 1.34. The number of carbonyl (C=O) groups excluding carboxylic acids is 1. The Bertz CT molecular complexity index is 575. The van der Waals surface area contributed by atoms with Crippen LogP contribution in [-0.2, 0) is 0 Å². The smallest absolute Gasteiger partial charge is 0.317 e. The number of hydrogen-bond donors (Lipinski definition) is 1. The van der Waals surface area contributed by atoms with Crippen molar-refractivity contribution in [3.8, 4) is 0 Å². The maximum absolute atomic E-state index is 12.5. The lowest BCUT2D eigenvalue weighted by Crippen LogP contribution is -2.54. The van der Waals surface area contributed by atoms with Gasteiger partial charge in [0.15, 0.2) is 0 Å². The molecule has 2 heterocycles. The third-order valence-corrected chi connectivity index (χ3v) is 5.23. The summed E-state index contributed by atoms with van der Waals surface area (Å²) >= 11 is 0. The molecule has 0 spiro atoms. The summed E-state index contributed by atoms with van der Waals surface area (Å²) in [4.78, 5) is 19.3. The molecule has 2 saturated heterocycles. The molecule has 2 aliphatic heterocycles. The second kappa shape index (κ2) is 9.74. The summed E-state index contributed by atoms with van der Waals surface area (Å²) in [5.41, 5.74) is 1.23. The topological polar surface area (TPSA) is 38.8 Å². The highest BCUT2D eigenvalue weighted by Gasteiger charge is 2.22. The minimum Gasteiger partial charge on any atom is -0.334 e. The standard InChI is InChI=1S/C21H32N4O/c1-19(18-24-11-5-6-12-24)22-21(26)25-16-14-23(15-17-25)13-7-10-20-8-3-2-4-9-20/h2-4,7-10,19H,5-6,11-18H2,1H3,(H,22,26). The molecule has 1 atom stereocenters. The van der Waals surface area contributed by atoms with E-state index in [-0.39, 0.29) is 12.1 Å².